The molecule has 14 heavy (non-hydrogen) atoms. The lowest BCUT2D eigenvalue weighted by Crippen LogP contribution is -2.01. The maximum absolute atomic E-state index is 8.74. The lowest BCUT2D eigenvalue weighted by molar-refractivity contribution is 0.0929. The van der Waals surface area contributed by atoms with Crippen molar-refractivity contribution in [2.45, 2.75) is 19.4 Å². The Balaban J connectivity index is 0.000000364. The molecule has 0 spiro atoms. The topological polar surface area (TPSA) is 108 Å². The third-order valence-corrected chi connectivity index (χ3v) is 1.38. The van der Waals surface area contributed by atoms with Gasteiger partial charge in [0.1, 0.15) is 12.4 Å². The van der Waals surface area contributed by atoms with Crippen LogP contribution in [0, 0.1) is 0 Å². The van der Waals surface area contributed by atoms with Gasteiger partial charge in [0.15, 0.2) is 5.82 Å². The van der Waals surface area contributed by atoms with Crippen molar-refractivity contribution in [3.63, 3.8) is 0 Å². The van der Waals surface area contributed by atoms with Crippen LogP contribution in [-0.2, 0) is 9.30 Å². The predicted octanol–water partition coefficient (Wildman–Crippen LogP) is 0.263. The molecule has 1 atom stereocenters. The van der Waals surface area contributed by atoms with E-state index in [-0.39, 0.29) is 6.10 Å². The highest BCUT2D eigenvalue weighted by Gasteiger charge is 2.10. The van der Waals surface area contributed by atoms with Crippen molar-refractivity contribution < 1.29 is 19.1 Å². The number of rotatable bonds is 3. The molecule has 0 aliphatic heterocycles. The van der Waals surface area contributed by atoms with Gasteiger partial charge in [0.25, 0.3) is 0 Å². The standard InChI is InChI=1S/C6H11N3O.H3O3P/c1-3-5(10-2)6-7-4-8-9-6;1-4(2)3/h4-5H,3H2,1-2H3,(H,7,8,9);4H,(H2,1,2,3). The molecule has 1 aromatic heterocycles. The molecule has 0 amide bonds. The van der Waals surface area contributed by atoms with Crippen molar-refractivity contribution >= 4 is 8.25 Å². The van der Waals surface area contributed by atoms with Gasteiger partial charge in [-0.05, 0) is 6.42 Å². The first-order valence-corrected chi connectivity index (χ1v) is 5.22. The Labute approximate surface area is 82.1 Å². The minimum absolute atomic E-state index is 0.0336. The maximum Gasteiger partial charge on any atom is 0.314 e. The van der Waals surface area contributed by atoms with Crippen molar-refractivity contribution in [2.75, 3.05) is 7.11 Å². The van der Waals surface area contributed by atoms with Crippen LogP contribution in [0.2, 0.25) is 0 Å². The fourth-order valence-corrected chi connectivity index (χ4v) is 0.829. The summed E-state index contributed by atoms with van der Waals surface area (Å²) in [5.74, 6) is 0.727. The molecule has 3 N–H and O–H groups in total. The molecule has 0 radical (unpaired) electrons. The Morgan fingerprint density at radius 1 is 1.71 bits per heavy atom. The zero-order valence-electron chi connectivity index (χ0n) is 7.97. The molecule has 8 heteroatoms. The van der Waals surface area contributed by atoms with Crippen LogP contribution >= 0.6 is 8.25 Å². The third-order valence-electron chi connectivity index (χ3n) is 1.38. The van der Waals surface area contributed by atoms with Gasteiger partial charge < -0.3 is 14.5 Å². The fraction of sp³-hybridized carbons (Fsp3) is 0.667. The Bertz CT molecular complexity index is 246. The third kappa shape index (κ3) is 5.82. The van der Waals surface area contributed by atoms with E-state index in [1.54, 1.807) is 13.4 Å². The van der Waals surface area contributed by atoms with Crippen LogP contribution in [0.25, 0.3) is 0 Å². The van der Waals surface area contributed by atoms with E-state index < -0.39 is 8.25 Å². The minimum atomic E-state index is -3.13. The number of hydrogen-bond donors (Lipinski definition) is 3. The number of aromatic amines is 1. The van der Waals surface area contributed by atoms with Crippen molar-refractivity contribution in [2.24, 2.45) is 0 Å². The van der Waals surface area contributed by atoms with E-state index >= 15 is 0 Å². The largest absolute Gasteiger partial charge is 0.373 e. The molecule has 1 rings (SSSR count). The average molecular weight is 223 g/mol. The number of aromatic nitrogens is 3. The van der Waals surface area contributed by atoms with Gasteiger partial charge in [-0.15, -0.1) is 0 Å². The normalized spacial score (nSPS) is 12.1. The second kappa shape index (κ2) is 7.64. The molecule has 7 nitrogen and oxygen atoms in total. The summed E-state index contributed by atoms with van der Waals surface area (Å²) < 4.78 is 13.8. The Morgan fingerprint density at radius 2 is 2.29 bits per heavy atom. The first kappa shape index (κ1) is 13.2. The van der Waals surface area contributed by atoms with Gasteiger partial charge in [-0.2, -0.15) is 5.10 Å². The molecule has 0 saturated heterocycles. The second-order valence-corrected chi connectivity index (χ2v) is 2.84. The van der Waals surface area contributed by atoms with E-state index in [9.17, 15) is 0 Å². The average Bonchev–Trinajstić information content (AvgIpc) is 2.58. The van der Waals surface area contributed by atoms with Gasteiger partial charge in [-0.1, -0.05) is 6.92 Å². The van der Waals surface area contributed by atoms with E-state index in [0.717, 1.165) is 12.2 Å². The van der Waals surface area contributed by atoms with Crippen LogP contribution in [0.4, 0.5) is 0 Å². The second-order valence-electron chi connectivity index (χ2n) is 2.27. The SMILES string of the molecule is CCC(OC)c1nc[nH]n1.O=[PH](O)O. The highest BCUT2D eigenvalue weighted by molar-refractivity contribution is 7.30. The van der Waals surface area contributed by atoms with Crippen LogP contribution in [-0.4, -0.2) is 32.1 Å². The Kier molecular flexibility index (Phi) is 7.23. The molecule has 0 fully saturated rings. The van der Waals surface area contributed by atoms with E-state index in [4.69, 9.17) is 19.1 Å². The molecular weight excluding hydrogens is 209 g/mol. The molecule has 82 valence electrons. The number of hydrogen-bond acceptors (Lipinski definition) is 4. The molecule has 1 unspecified atom stereocenters. The van der Waals surface area contributed by atoms with E-state index in [1.165, 1.54) is 0 Å². The summed E-state index contributed by atoms with van der Waals surface area (Å²) >= 11 is 0. The van der Waals surface area contributed by atoms with E-state index in [2.05, 4.69) is 15.2 Å². The quantitative estimate of drug-likeness (QED) is 0.634. The summed E-state index contributed by atoms with van der Waals surface area (Å²) in [6.07, 6.45) is 2.48. The first-order chi connectivity index (χ1) is 6.61. The lowest BCUT2D eigenvalue weighted by Gasteiger charge is -2.06. The molecule has 1 heterocycles. The summed E-state index contributed by atoms with van der Waals surface area (Å²) in [4.78, 5) is 18.3. The van der Waals surface area contributed by atoms with Crippen molar-refractivity contribution in [3.05, 3.63) is 12.2 Å². The zero-order valence-corrected chi connectivity index (χ0v) is 8.97. The monoisotopic (exact) mass is 223 g/mol. The molecule has 0 aliphatic carbocycles. The van der Waals surface area contributed by atoms with E-state index in [0.29, 0.717) is 0 Å². The number of methoxy groups -OCH3 is 1. The summed E-state index contributed by atoms with van der Waals surface area (Å²) in [5, 5.41) is 6.53. The maximum atomic E-state index is 8.74. The van der Waals surface area contributed by atoms with Gasteiger partial charge in [0, 0.05) is 7.11 Å². The van der Waals surface area contributed by atoms with Crippen LogP contribution in [0.1, 0.15) is 25.3 Å². The van der Waals surface area contributed by atoms with Gasteiger partial charge in [0.05, 0.1) is 0 Å². The van der Waals surface area contributed by atoms with Crippen LogP contribution in [0.15, 0.2) is 6.33 Å². The molecule has 0 saturated carbocycles. The molecule has 1 aromatic rings. The van der Waals surface area contributed by atoms with Crippen molar-refractivity contribution in [1.82, 2.24) is 15.2 Å². The van der Waals surface area contributed by atoms with Gasteiger partial charge in [-0.25, -0.2) is 4.98 Å². The summed E-state index contributed by atoms with van der Waals surface area (Å²) in [7, 11) is -1.47. The summed E-state index contributed by atoms with van der Waals surface area (Å²) in [6.45, 7) is 2.03. The first-order valence-electron chi connectivity index (χ1n) is 3.92. The number of ether oxygens (including phenoxy) is 1. The number of nitrogens with one attached hydrogen (secondary N) is 1. The number of H-pyrrole nitrogens is 1. The smallest absolute Gasteiger partial charge is 0.314 e. The summed E-state index contributed by atoms with van der Waals surface area (Å²) in [5.41, 5.74) is 0. The van der Waals surface area contributed by atoms with Crippen molar-refractivity contribution in [3.8, 4) is 0 Å². The van der Waals surface area contributed by atoms with Crippen LogP contribution in [0.5, 0.6) is 0 Å². The lowest BCUT2D eigenvalue weighted by atomic mass is 10.3. The zero-order chi connectivity index (χ0) is 11.0. The Hall–Kier alpha value is -0.750. The van der Waals surface area contributed by atoms with Crippen LogP contribution in [0.3, 0.4) is 0 Å². The fourth-order valence-electron chi connectivity index (χ4n) is 0.829. The molecule has 0 aliphatic rings. The molecule has 0 bridgehead atoms. The van der Waals surface area contributed by atoms with Crippen LogP contribution < -0.4 is 0 Å². The van der Waals surface area contributed by atoms with E-state index in [1.807, 2.05) is 6.92 Å². The highest BCUT2D eigenvalue weighted by atomic mass is 31.1. The predicted molar refractivity (Wildman–Crippen MR) is 49.9 cm³/mol. The number of nitrogens with zero attached hydrogens (tertiary/aromatic N) is 2. The van der Waals surface area contributed by atoms with Gasteiger partial charge >= 0.3 is 8.25 Å². The molecule has 0 aromatic carbocycles. The summed E-state index contributed by atoms with van der Waals surface area (Å²) in [6, 6.07) is 0. The van der Waals surface area contributed by atoms with Crippen molar-refractivity contribution in [1.29, 1.82) is 0 Å². The van der Waals surface area contributed by atoms with Gasteiger partial charge in [0.2, 0.25) is 0 Å². The highest BCUT2D eigenvalue weighted by Crippen LogP contribution is 2.13. The Morgan fingerprint density at radius 3 is 2.57 bits per heavy atom. The van der Waals surface area contributed by atoms with Gasteiger partial charge in [-0.3, -0.25) is 9.66 Å². The minimum Gasteiger partial charge on any atom is -0.373 e. The molecular formula is C6H14N3O4P.